The summed E-state index contributed by atoms with van der Waals surface area (Å²) in [6, 6.07) is 2.29. The molecule has 3 aromatic heterocycles. The zero-order chi connectivity index (χ0) is 16.1. The molecule has 7 heteroatoms. The van der Waals surface area contributed by atoms with Crippen molar-refractivity contribution in [1.82, 2.24) is 23.9 Å². The van der Waals surface area contributed by atoms with E-state index in [1.54, 1.807) is 7.05 Å². The third kappa shape index (κ3) is 1.95. The lowest BCUT2D eigenvalue weighted by molar-refractivity contribution is 0.361. The highest BCUT2D eigenvalue weighted by atomic mass is 16.2. The highest BCUT2D eigenvalue weighted by Crippen LogP contribution is 2.32. The van der Waals surface area contributed by atoms with Gasteiger partial charge in [0.1, 0.15) is 10.9 Å². The molecule has 1 saturated carbocycles. The van der Waals surface area contributed by atoms with Crippen LogP contribution in [0, 0.1) is 0 Å². The molecule has 7 nitrogen and oxygen atoms in total. The Kier molecular flexibility index (Phi) is 3.11. The SMILES string of the molecule is Cn1c(=O)c2c3c(ccn3C3CCCCC3)nnc2n(C)c1=O. The summed E-state index contributed by atoms with van der Waals surface area (Å²) in [4.78, 5) is 24.8. The molecule has 0 aliphatic heterocycles. The van der Waals surface area contributed by atoms with Crippen molar-refractivity contribution < 1.29 is 0 Å². The van der Waals surface area contributed by atoms with Gasteiger partial charge in [0.2, 0.25) is 0 Å². The molecule has 0 bridgehead atoms. The number of hydrogen-bond donors (Lipinski definition) is 0. The van der Waals surface area contributed by atoms with Crippen LogP contribution in [-0.4, -0.2) is 23.9 Å². The van der Waals surface area contributed by atoms with Gasteiger partial charge in [-0.2, -0.15) is 0 Å². The minimum absolute atomic E-state index is 0.307. The number of nitrogens with zero attached hydrogens (tertiary/aromatic N) is 5. The molecule has 0 unspecified atom stereocenters. The second kappa shape index (κ2) is 5.04. The van der Waals surface area contributed by atoms with Gasteiger partial charge in [-0.1, -0.05) is 19.3 Å². The summed E-state index contributed by atoms with van der Waals surface area (Å²) in [6.07, 6.45) is 7.90. The van der Waals surface area contributed by atoms with Crippen LogP contribution < -0.4 is 11.2 Å². The van der Waals surface area contributed by atoms with Gasteiger partial charge in [-0.05, 0) is 18.9 Å². The van der Waals surface area contributed by atoms with Crippen LogP contribution in [0.25, 0.3) is 22.1 Å². The first-order chi connectivity index (χ1) is 11.1. The molecule has 0 spiro atoms. The molecular formula is C16H19N5O2. The fourth-order valence-electron chi connectivity index (χ4n) is 3.70. The van der Waals surface area contributed by atoms with Crippen LogP contribution >= 0.6 is 0 Å². The second-order valence-corrected chi connectivity index (χ2v) is 6.35. The number of hydrogen-bond acceptors (Lipinski definition) is 4. The summed E-state index contributed by atoms with van der Waals surface area (Å²) >= 11 is 0. The average Bonchev–Trinajstić information content (AvgIpc) is 3.02. The molecule has 1 fully saturated rings. The lowest BCUT2D eigenvalue weighted by atomic mass is 9.95. The molecule has 0 atom stereocenters. The Balaban J connectivity index is 2.13. The maximum Gasteiger partial charge on any atom is 0.332 e. The van der Waals surface area contributed by atoms with Gasteiger partial charge in [-0.25, -0.2) is 4.79 Å². The summed E-state index contributed by atoms with van der Waals surface area (Å²) in [7, 11) is 3.13. The minimum atomic E-state index is -0.382. The summed E-state index contributed by atoms with van der Waals surface area (Å²) in [5.41, 5.74) is 1.17. The predicted octanol–water partition coefficient (Wildman–Crippen LogP) is 1.49. The van der Waals surface area contributed by atoms with E-state index in [-0.39, 0.29) is 11.2 Å². The molecule has 4 rings (SSSR count). The molecule has 0 saturated heterocycles. The Morgan fingerprint density at radius 3 is 2.52 bits per heavy atom. The number of aryl methyl sites for hydroxylation is 1. The third-order valence-corrected chi connectivity index (χ3v) is 4.98. The van der Waals surface area contributed by atoms with Gasteiger partial charge in [0.25, 0.3) is 5.56 Å². The van der Waals surface area contributed by atoms with Crippen LogP contribution in [0.15, 0.2) is 21.9 Å². The van der Waals surface area contributed by atoms with Gasteiger partial charge in [0.05, 0.1) is 5.52 Å². The molecule has 3 aromatic rings. The summed E-state index contributed by atoms with van der Waals surface area (Å²) < 4.78 is 4.69. The third-order valence-electron chi connectivity index (χ3n) is 4.98. The highest BCUT2D eigenvalue weighted by Gasteiger charge is 2.21. The lowest BCUT2D eigenvalue weighted by Gasteiger charge is -2.24. The van der Waals surface area contributed by atoms with E-state index in [2.05, 4.69) is 14.8 Å². The van der Waals surface area contributed by atoms with E-state index in [1.165, 1.54) is 30.9 Å². The molecule has 1 aliphatic carbocycles. The number of fused-ring (bicyclic) bond motifs is 3. The van der Waals surface area contributed by atoms with Crippen molar-refractivity contribution in [3.8, 4) is 0 Å². The van der Waals surface area contributed by atoms with Crippen molar-refractivity contribution in [2.24, 2.45) is 14.1 Å². The predicted molar refractivity (Wildman–Crippen MR) is 87.6 cm³/mol. The molecule has 0 N–H and O–H groups in total. The van der Waals surface area contributed by atoms with Crippen LogP contribution in [0.3, 0.4) is 0 Å². The number of aromatic nitrogens is 5. The highest BCUT2D eigenvalue weighted by molar-refractivity contribution is 6.00. The van der Waals surface area contributed by atoms with Gasteiger partial charge in [-0.15, -0.1) is 10.2 Å². The smallest absolute Gasteiger partial charge is 0.332 e. The first-order valence-electron chi connectivity index (χ1n) is 8.02. The Bertz CT molecular complexity index is 1020. The summed E-state index contributed by atoms with van der Waals surface area (Å²) in [5, 5.41) is 8.82. The van der Waals surface area contributed by atoms with Crippen molar-refractivity contribution in [1.29, 1.82) is 0 Å². The molecule has 1 aliphatic rings. The van der Waals surface area contributed by atoms with E-state index >= 15 is 0 Å². The largest absolute Gasteiger partial charge is 0.342 e. The van der Waals surface area contributed by atoms with Crippen molar-refractivity contribution >= 4 is 22.1 Å². The summed E-state index contributed by atoms with van der Waals surface area (Å²) in [6.45, 7) is 0. The molecule has 0 aromatic carbocycles. The van der Waals surface area contributed by atoms with E-state index in [0.717, 1.165) is 22.9 Å². The maximum absolute atomic E-state index is 12.7. The van der Waals surface area contributed by atoms with E-state index in [4.69, 9.17) is 0 Å². The zero-order valence-corrected chi connectivity index (χ0v) is 13.3. The molecule has 3 heterocycles. The van der Waals surface area contributed by atoms with Crippen LogP contribution in [0.5, 0.6) is 0 Å². The maximum atomic E-state index is 12.7. The van der Waals surface area contributed by atoms with E-state index in [9.17, 15) is 9.59 Å². The fourth-order valence-corrected chi connectivity index (χ4v) is 3.70. The second-order valence-electron chi connectivity index (χ2n) is 6.35. The molecule has 23 heavy (non-hydrogen) atoms. The Morgan fingerprint density at radius 2 is 1.78 bits per heavy atom. The van der Waals surface area contributed by atoms with Gasteiger partial charge >= 0.3 is 5.69 Å². The zero-order valence-electron chi connectivity index (χ0n) is 13.3. The molecule has 0 radical (unpaired) electrons. The van der Waals surface area contributed by atoms with Gasteiger partial charge in [-0.3, -0.25) is 13.9 Å². The van der Waals surface area contributed by atoms with Gasteiger partial charge in [0, 0.05) is 26.3 Å². The monoisotopic (exact) mass is 313 g/mol. The minimum Gasteiger partial charge on any atom is -0.342 e. The van der Waals surface area contributed by atoms with E-state index in [1.807, 2.05) is 12.3 Å². The van der Waals surface area contributed by atoms with E-state index < -0.39 is 0 Å². The summed E-state index contributed by atoms with van der Waals surface area (Å²) in [5.74, 6) is 0. The van der Waals surface area contributed by atoms with Gasteiger partial charge < -0.3 is 4.57 Å². The Hall–Kier alpha value is -2.44. The fraction of sp³-hybridized carbons (Fsp3) is 0.500. The van der Waals surface area contributed by atoms with Crippen molar-refractivity contribution in [2.45, 2.75) is 38.1 Å². The quantitative estimate of drug-likeness (QED) is 0.682. The van der Waals surface area contributed by atoms with Crippen molar-refractivity contribution in [3.05, 3.63) is 33.1 Å². The van der Waals surface area contributed by atoms with Gasteiger partial charge in [0.15, 0.2) is 5.65 Å². The molecular weight excluding hydrogens is 294 g/mol. The van der Waals surface area contributed by atoms with Crippen LogP contribution in [0.1, 0.15) is 38.1 Å². The number of rotatable bonds is 1. The topological polar surface area (TPSA) is 74.7 Å². The van der Waals surface area contributed by atoms with Crippen LogP contribution in [0.4, 0.5) is 0 Å². The standard InChI is InChI=1S/C16H19N5O2/c1-19-14-12(15(22)20(2)16(19)23)13-11(17-18-14)8-9-21(13)10-6-4-3-5-7-10/h8-10H,3-7H2,1-2H3. The lowest BCUT2D eigenvalue weighted by Crippen LogP contribution is -2.37. The average molecular weight is 313 g/mol. The first-order valence-corrected chi connectivity index (χ1v) is 8.02. The van der Waals surface area contributed by atoms with Crippen LogP contribution in [0.2, 0.25) is 0 Å². The molecule has 120 valence electrons. The van der Waals surface area contributed by atoms with E-state index in [0.29, 0.717) is 22.6 Å². The Morgan fingerprint density at radius 1 is 1.04 bits per heavy atom. The normalized spacial score (nSPS) is 16.4. The van der Waals surface area contributed by atoms with Crippen LogP contribution in [-0.2, 0) is 14.1 Å². The van der Waals surface area contributed by atoms with Crippen molar-refractivity contribution in [3.63, 3.8) is 0 Å². The first kappa shape index (κ1) is 14.2. The Labute approximate surface area is 132 Å². The van der Waals surface area contributed by atoms with Crippen molar-refractivity contribution in [2.75, 3.05) is 0 Å². The molecule has 0 amide bonds.